The topological polar surface area (TPSA) is 0 Å². The summed E-state index contributed by atoms with van der Waals surface area (Å²) < 4.78 is -0.634. The Morgan fingerprint density at radius 3 is 2.07 bits per heavy atom. The molecule has 0 aromatic rings. The van der Waals surface area contributed by atoms with E-state index in [9.17, 15) is 0 Å². The summed E-state index contributed by atoms with van der Waals surface area (Å²) in [5, 5.41) is -0.0599. The minimum atomic E-state index is -0.634. The number of rotatable bonds is 8. The molecule has 0 aliphatic heterocycles. The molecular weight excluding hydrogens is 351 g/mol. The molecule has 4 heteroatoms. The summed E-state index contributed by atoms with van der Waals surface area (Å²) in [5.41, 5.74) is 0. The van der Waals surface area contributed by atoms with Gasteiger partial charge in [-0.05, 0) is 6.42 Å². The van der Waals surface area contributed by atoms with Crippen LogP contribution in [0.3, 0.4) is 0 Å². The van der Waals surface area contributed by atoms with Crippen LogP contribution in [0.2, 0.25) is 0 Å². The zero-order chi connectivity index (χ0) is 11.0. The second-order valence-corrected chi connectivity index (χ2v) is 9.17. The third-order valence-corrected chi connectivity index (χ3v) is 4.72. The van der Waals surface area contributed by atoms with Crippen molar-refractivity contribution in [1.29, 1.82) is 0 Å². The lowest BCUT2D eigenvalue weighted by Gasteiger charge is -2.18. The van der Waals surface area contributed by atoms with E-state index in [1.807, 2.05) is 0 Å². The van der Waals surface area contributed by atoms with Crippen LogP contribution in [0.15, 0.2) is 0 Å². The van der Waals surface area contributed by atoms with Gasteiger partial charge in [0.1, 0.15) is 0 Å². The van der Waals surface area contributed by atoms with Gasteiger partial charge in [-0.25, -0.2) is 0 Å². The van der Waals surface area contributed by atoms with Crippen LogP contribution in [-0.2, 0) is 0 Å². The monoisotopic (exact) mass is 366 g/mol. The molecule has 0 nitrogen and oxygen atoms in total. The smallest absolute Gasteiger partial charge is 0.119 e. The maximum Gasteiger partial charge on any atom is 0.169 e. The zero-order valence-corrected chi connectivity index (χ0v) is 13.2. The van der Waals surface area contributed by atoms with Gasteiger partial charge in [0.15, 0.2) is 2.69 Å². The van der Waals surface area contributed by atoms with E-state index in [4.69, 9.17) is 23.2 Å². The third-order valence-electron chi connectivity index (χ3n) is 2.17. The minimum absolute atomic E-state index is 0.0599. The maximum absolute atomic E-state index is 6.07. The number of hydrogen-bond acceptors (Lipinski definition) is 0. The summed E-state index contributed by atoms with van der Waals surface area (Å²) in [6, 6.07) is 0. The highest BCUT2D eigenvalue weighted by Gasteiger charge is 2.28. The molecule has 1 atom stereocenters. The van der Waals surface area contributed by atoms with Gasteiger partial charge in [-0.2, -0.15) is 0 Å². The number of hydrogen-bond donors (Lipinski definition) is 0. The van der Waals surface area contributed by atoms with Gasteiger partial charge in [0.2, 0.25) is 0 Å². The first-order valence-corrected chi connectivity index (χ1v) is 7.59. The molecule has 0 aliphatic carbocycles. The summed E-state index contributed by atoms with van der Waals surface area (Å²) in [7, 11) is 0. The van der Waals surface area contributed by atoms with Crippen molar-refractivity contribution in [2.75, 3.05) is 0 Å². The van der Waals surface area contributed by atoms with Crippen molar-refractivity contribution in [2.45, 2.75) is 59.9 Å². The van der Waals surface area contributed by atoms with Crippen molar-refractivity contribution in [3.8, 4) is 0 Å². The van der Waals surface area contributed by atoms with Crippen LogP contribution in [0.4, 0.5) is 0 Å². The van der Waals surface area contributed by atoms with Gasteiger partial charge in [-0.1, -0.05) is 88.9 Å². The average molecular weight is 369 g/mol. The molecule has 0 aromatic carbocycles. The standard InChI is InChI=1S/C10H18Br2Cl2/c1-2-3-4-5-6-7-8-9(13)10(11,12)14/h9H,2-8H2,1H3. The molecular formula is C10H18Br2Cl2. The minimum Gasteiger partial charge on any atom is -0.119 e. The quantitative estimate of drug-likeness (QED) is 0.362. The Morgan fingerprint density at radius 1 is 1.07 bits per heavy atom. The molecule has 1 unspecified atom stereocenters. The Labute approximate surface area is 114 Å². The largest absolute Gasteiger partial charge is 0.169 e. The fourth-order valence-electron chi connectivity index (χ4n) is 1.27. The Bertz CT molecular complexity index is 135. The molecule has 86 valence electrons. The molecule has 0 saturated heterocycles. The summed E-state index contributed by atoms with van der Waals surface area (Å²) in [6.07, 6.45) is 8.68. The van der Waals surface area contributed by atoms with Crippen LogP contribution in [0, 0.1) is 0 Å². The molecule has 0 fully saturated rings. The van der Waals surface area contributed by atoms with E-state index in [-0.39, 0.29) is 5.38 Å². The van der Waals surface area contributed by atoms with Crippen molar-refractivity contribution in [1.82, 2.24) is 0 Å². The van der Waals surface area contributed by atoms with E-state index >= 15 is 0 Å². The molecule has 0 radical (unpaired) electrons. The molecule has 0 amide bonds. The zero-order valence-electron chi connectivity index (χ0n) is 8.54. The van der Waals surface area contributed by atoms with Crippen LogP contribution >= 0.6 is 55.1 Å². The second-order valence-electron chi connectivity index (χ2n) is 3.57. The van der Waals surface area contributed by atoms with Crippen LogP contribution in [0.25, 0.3) is 0 Å². The van der Waals surface area contributed by atoms with Crippen LogP contribution < -0.4 is 0 Å². The lowest BCUT2D eigenvalue weighted by atomic mass is 10.1. The summed E-state index contributed by atoms with van der Waals surface area (Å²) in [6.45, 7) is 2.23. The summed E-state index contributed by atoms with van der Waals surface area (Å²) in [5.74, 6) is 0. The number of halogens is 4. The SMILES string of the molecule is CCCCCCCCC(Cl)C(Cl)(Br)Br. The lowest BCUT2D eigenvalue weighted by molar-refractivity contribution is 0.584. The molecule has 0 rings (SSSR count). The van der Waals surface area contributed by atoms with Crippen molar-refractivity contribution < 1.29 is 0 Å². The molecule has 0 bridgehead atoms. The van der Waals surface area contributed by atoms with E-state index in [0.29, 0.717) is 0 Å². The first kappa shape index (κ1) is 15.5. The van der Waals surface area contributed by atoms with Gasteiger partial charge >= 0.3 is 0 Å². The Kier molecular flexibility index (Phi) is 9.62. The molecule has 0 saturated carbocycles. The number of alkyl halides is 4. The number of unbranched alkanes of at least 4 members (excludes halogenated alkanes) is 5. The normalized spacial score (nSPS) is 14.4. The maximum atomic E-state index is 6.07. The van der Waals surface area contributed by atoms with Gasteiger partial charge in [0.25, 0.3) is 0 Å². The van der Waals surface area contributed by atoms with Gasteiger partial charge < -0.3 is 0 Å². The molecule has 0 N–H and O–H groups in total. The molecule has 14 heavy (non-hydrogen) atoms. The highest BCUT2D eigenvalue weighted by molar-refractivity contribution is 9.26. The van der Waals surface area contributed by atoms with Gasteiger partial charge in [-0.15, -0.1) is 11.6 Å². The average Bonchev–Trinajstić information content (AvgIpc) is 2.09. The van der Waals surface area contributed by atoms with E-state index in [1.54, 1.807) is 0 Å². The summed E-state index contributed by atoms with van der Waals surface area (Å²) in [4.78, 5) is 0. The van der Waals surface area contributed by atoms with Crippen molar-refractivity contribution in [3.05, 3.63) is 0 Å². The van der Waals surface area contributed by atoms with Gasteiger partial charge in [-0.3, -0.25) is 0 Å². The molecule has 0 aliphatic rings. The van der Waals surface area contributed by atoms with Crippen LogP contribution in [0.1, 0.15) is 51.9 Å². The van der Waals surface area contributed by atoms with Gasteiger partial charge in [0.05, 0.1) is 5.38 Å². The van der Waals surface area contributed by atoms with Gasteiger partial charge in [0, 0.05) is 0 Å². The van der Waals surface area contributed by atoms with Crippen molar-refractivity contribution in [3.63, 3.8) is 0 Å². The Morgan fingerprint density at radius 2 is 1.57 bits per heavy atom. The lowest BCUT2D eigenvalue weighted by Crippen LogP contribution is -2.17. The van der Waals surface area contributed by atoms with E-state index in [2.05, 4.69) is 38.8 Å². The van der Waals surface area contributed by atoms with Crippen molar-refractivity contribution in [2.24, 2.45) is 0 Å². The Hall–Kier alpha value is 1.54. The first-order valence-electron chi connectivity index (χ1n) is 5.19. The van der Waals surface area contributed by atoms with Crippen LogP contribution in [-0.4, -0.2) is 8.07 Å². The fourth-order valence-corrected chi connectivity index (χ4v) is 1.99. The molecule has 0 spiro atoms. The van der Waals surface area contributed by atoms with E-state index in [1.165, 1.54) is 32.1 Å². The molecule has 0 aromatic heterocycles. The first-order chi connectivity index (χ1) is 6.48. The predicted octanol–water partition coefficient (Wildman–Crippen LogP) is 6.03. The second kappa shape index (κ2) is 8.66. The summed E-state index contributed by atoms with van der Waals surface area (Å²) >= 11 is 18.6. The predicted molar refractivity (Wildman–Crippen MR) is 74.1 cm³/mol. The fraction of sp³-hybridized carbons (Fsp3) is 1.00. The van der Waals surface area contributed by atoms with Crippen molar-refractivity contribution >= 4 is 55.1 Å². The highest BCUT2D eigenvalue weighted by Crippen LogP contribution is 2.40. The Balaban J connectivity index is 3.28. The molecule has 0 heterocycles. The highest BCUT2D eigenvalue weighted by atomic mass is 79.9. The third kappa shape index (κ3) is 8.82. The van der Waals surface area contributed by atoms with E-state index < -0.39 is 2.69 Å². The van der Waals surface area contributed by atoms with Crippen LogP contribution in [0.5, 0.6) is 0 Å². The van der Waals surface area contributed by atoms with E-state index in [0.717, 1.165) is 12.8 Å².